The fraction of sp³-hybridized carbons (Fsp3) is 0.600. The molecule has 0 spiro atoms. The molecule has 0 saturated heterocycles. The predicted molar refractivity (Wildman–Crippen MR) is 143 cm³/mol. The van der Waals surface area contributed by atoms with Crippen LogP contribution in [0.3, 0.4) is 0 Å². The van der Waals surface area contributed by atoms with Gasteiger partial charge in [0.25, 0.3) is 5.91 Å². The molecule has 204 valence electrons. The molecule has 5 saturated carbocycles. The topological polar surface area (TPSA) is 96.8 Å². The first-order valence-electron chi connectivity index (χ1n) is 14.1. The minimum atomic E-state index is -3.37. The van der Waals surface area contributed by atoms with Crippen molar-refractivity contribution in [2.75, 3.05) is 12.8 Å². The van der Waals surface area contributed by atoms with E-state index < -0.39 is 15.4 Å². The zero-order chi connectivity index (χ0) is 26.5. The van der Waals surface area contributed by atoms with E-state index in [1.807, 2.05) is 36.2 Å². The van der Waals surface area contributed by atoms with E-state index >= 15 is 0 Å². The highest BCUT2D eigenvalue weighted by Gasteiger charge is 2.56. The van der Waals surface area contributed by atoms with Gasteiger partial charge in [-0.05, 0) is 118 Å². The van der Waals surface area contributed by atoms with Gasteiger partial charge in [0.05, 0.1) is 17.5 Å². The number of carbonyl (C=O) groups is 1. The molecule has 4 bridgehead atoms. The van der Waals surface area contributed by atoms with Crippen LogP contribution in [0.5, 0.6) is 5.75 Å². The molecule has 2 aromatic rings. The van der Waals surface area contributed by atoms with Crippen molar-refractivity contribution in [3.63, 3.8) is 0 Å². The summed E-state index contributed by atoms with van der Waals surface area (Å²) < 4.78 is 31.5. The summed E-state index contributed by atoms with van der Waals surface area (Å²) in [6.07, 6.45) is 9.64. The molecule has 0 aliphatic heterocycles. The number of amides is 1. The number of hydrogen-bond donors (Lipinski definition) is 1. The van der Waals surface area contributed by atoms with E-state index in [1.54, 1.807) is 18.2 Å². The van der Waals surface area contributed by atoms with Gasteiger partial charge in [0.15, 0.2) is 14.9 Å². The number of pyridine rings is 1. The predicted octanol–water partition coefficient (Wildman–Crippen LogP) is 4.50. The van der Waals surface area contributed by atoms with Crippen molar-refractivity contribution in [1.82, 2.24) is 9.88 Å². The normalized spacial score (nSPS) is 34.2. The van der Waals surface area contributed by atoms with Crippen LogP contribution in [0, 0.1) is 23.7 Å². The van der Waals surface area contributed by atoms with E-state index in [0.29, 0.717) is 23.3 Å². The molecule has 1 N–H and O–H groups in total. The van der Waals surface area contributed by atoms with Crippen LogP contribution in [0.15, 0.2) is 53.7 Å². The molecule has 5 aliphatic rings. The first-order chi connectivity index (χ1) is 18.2. The summed E-state index contributed by atoms with van der Waals surface area (Å²) in [6, 6.07) is 12.6. The molecular formula is C30H38N2O5S. The number of nitrogens with zero attached hydrogens (tertiary/aromatic N) is 2. The largest absolute Gasteiger partial charge is 0.490 e. The van der Waals surface area contributed by atoms with Crippen molar-refractivity contribution in [3.8, 4) is 5.75 Å². The van der Waals surface area contributed by atoms with Crippen LogP contribution < -0.4 is 4.74 Å². The van der Waals surface area contributed by atoms with Crippen molar-refractivity contribution >= 4 is 15.7 Å². The van der Waals surface area contributed by atoms with Crippen molar-refractivity contribution in [3.05, 3.63) is 54.2 Å². The van der Waals surface area contributed by atoms with Crippen LogP contribution in [0.4, 0.5) is 0 Å². The Morgan fingerprint density at radius 3 is 2.32 bits per heavy atom. The minimum absolute atomic E-state index is 0.0376. The van der Waals surface area contributed by atoms with E-state index in [-0.39, 0.29) is 34.7 Å². The lowest BCUT2D eigenvalue weighted by Gasteiger charge is -2.59. The summed E-state index contributed by atoms with van der Waals surface area (Å²) in [5, 5.41) is 11.0. The Bertz CT molecular complexity index is 1240. The quantitative estimate of drug-likeness (QED) is 0.557. The van der Waals surface area contributed by atoms with E-state index in [0.717, 1.165) is 63.5 Å². The first-order valence-corrected chi connectivity index (χ1v) is 15.7. The highest BCUT2D eigenvalue weighted by molar-refractivity contribution is 7.91. The van der Waals surface area contributed by atoms with E-state index in [4.69, 9.17) is 4.74 Å². The molecule has 8 heteroatoms. The van der Waals surface area contributed by atoms with Gasteiger partial charge >= 0.3 is 0 Å². The molecule has 1 aromatic carbocycles. The number of ether oxygens (including phenoxy) is 1. The van der Waals surface area contributed by atoms with Gasteiger partial charge in [0, 0.05) is 24.8 Å². The number of aromatic nitrogens is 1. The van der Waals surface area contributed by atoms with E-state index in [9.17, 15) is 18.3 Å². The van der Waals surface area contributed by atoms with Crippen molar-refractivity contribution < 1.29 is 23.1 Å². The lowest BCUT2D eigenvalue weighted by Crippen LogP contribution is -2.61. The van der Waals surface area contributed by atoms with Crippen molar-refractivity contribution in [2.24, 2.45) is 23.7 Å². The zero-order valence-corrected chi connectivity index (χ0v) is 22.9. The summed E-state index contributed by atoms with van der Waals surface area (Å²) in [7, 11) is -1.45. The van der Waals surface area contributed by atoms with E-state index in [2.05, 4.69) is 4.98 Å². The molecule has 0 radical (unpaired) electrons. The Morgan fingerprint density at radius 2 is 1.71 bits per heavy atom. The summed E-state index contributed by atoms with van der Waals surface area (Å²) in [5.74, 6) is 2.44. The second kappa shape index (κ2) is 9.94. The average Bonchev–Trinajstić information content (AvgIpc) is 2.89. The molecule has 1 aromatic heterocycles. The molecule has 7 nitrogen and oxygen atoms in total. The molecular weight excluding hydrogens is 500 g/mol. The highest BCUT2D eigenvalue weighted by Crippen LogP contribution is 2.56. The van der Waals surface area contributed by atoms with Crippen molar-refractivity contribution in [1.29, 1.82) is 0 Å². The molecule has 2 atom stereocenters. The lowest BCUT2D eigenvalue weighted by molar-refractivity contribution is -0.152. The van der Waals surface area contributed by atoms with Crippen LogP contribution in [0.1, 0.15) is 68.1 Å². The lowest BCUT2D eigenvalue weighted by atomic mass is 9.52. The average molecular weight is 539 g/mol. The second-order valence-electron chi connectivity index (χ2n) is 12.3. The molecule has 5 fully saturated rings. The SMILES string of the molecule is CN(C(=O)c1ccc(OC2CCC(CS(=O)(=O)c3ccccn3)CC2)cc1)C1C2CC3CC1CC(O)(C3)C2. The Morgan fingerprint density at radius 1 is 1.03 bits per heavy atom. The number of rotatable bonds is 7. The second-order valence-corrected chi connectivity index (χ2v) is 14.3. The van der Waals surface area contributed by atoms with Gasteiger partial charge in [0.1, 0.15) is 5.75 Å². The van der Waals surface area contributed by atoms with Crippen LogP contribution >= 0.6 is 0 Å². The minimum Gasteiger partial charge on any atom is -0.490 e. The van der Waals surface area contributed by atoms with Gasteiger partial charge < -0.3 is 14.7 Å². The van der Waals surface area contributed by atoms with Gasteiger partial charge in [0.2, 0.25) is 0 Å². The maximum absolute atomic E-state index is 13.4. The number of carbonyl (C=O) groups excluding carboxylic acids is 1. The first kappa shape index (κ1) is 25.8. The summed E-state index contributed by atoms with van der Waals surface area (Å²) in [5.41, 5.74) is 0.165. The fourth-order valence-corrected chi connectivity index (χ4v) is 9.77. The number of hydrogen-bond acceptors (Lipinski definition) is 6. The third kappa shape index (κ3) is 5.09. The smallest absolute Gasteiger partial charge is 0.253 e. The van der Waals surface area contributed by atoms with Crippen molar-refractivity contribution in [2.45, 2.75) is 80.6 Å². The van der Waals surface area contributed by atoms with Crippen LogP contribution in [-0.2, 0) is 9.84 Å². The number of benzene rings is 1. The maximum Gasteiger partial charge on any atom is 0.253 e. The van der Waals surface area contributed by atoms with Gasteiger partial charge in [-0.2, -0.15) is 0 Å². The van der Waals surface area contributed by atoms with Crippen LogP contribution in [-0.4, -0.2) is 59.9 Å². The molecule has 1 heterocycles. The third-order valence-electron chi connectivity index (χ3n) is 9.57. The standard InChI is InChI=1S/C30H38N2O5S/c1-32(28-23-14-21-15-24(28)18-30(34,16-21)17-23)29(33)22-7-11-26(12-8-22)37-25-9-5-20(6-10-25)19-38(35,36)27-4-2-3-13-31-27/h2-4,7-8,11-13,20-21,23-25,28,34H,5-6,9-10,14-19H2,1H3. The Balaban J connectivity index is 1.01. The Labute approximate surface area is 225 Å². The monoisotopic (exact) mass is 538 g/mol. The Kier molecular flexibility index (Phi) is 6.75. The zero-order valence-electron chi connectivity index (χ0n) is 22.0. The van der Waals surface area contributed by atoms with Gasteiger partial charge in [-0.3, -0.25) is 4.79 Å². The number of aliphatic hydroxyl groups is 1. The third-order valence-corrected chi connectivity index (χ3v) is 11.4. The molecule has 5 aliphatic carbocycles. The van der Waals surface area contributed by atoms with Crippen LogP contribution in [0.2, 0.25) is 0 Å². The molecule has 2 unspecified atom stereocenters. The summed E-state index contributed by atoms with van der Waals surface area (Å²) in [6.45, 7) is 0. The van der Waals surface area contributed by atoms with Gasteiger partial charge in [-0.25, -0.2) is 13.4 Å². The highest BCUT2D eigenvalue weighted by atomic mass is 32.2. The Hall–Kier alpha value is -2.45. The molecule has 38 heavy (non-hydrogen) atoms. The van der Waals surface area contributed by atoms with Gasteiger partial charge in [-0.15, -0.1) is 0 Å². The maximum atomic E-state index is 13.4. The van der Waals surface area contributed by atoms with Gasteiger partial charge in [-0.1, -0.05) is 6.07 Å². The van der Waals surface area contributed by atoms with E-state index in [1.165, 1.54) is 6.20 Å². The summed E-state index contributed by atoms with van der Waals surface area (Å²) in [4.78, 5) is 19.3. The van der Waals surface area contributed by atoms with Crippen LogP contribution in [0.25, 0.3) is 0 Å². The summed E-state index contributed by atoms with van der Waals surface area (Å²) >= 11 is 0. The number of sulfone groups is 1. The molecule has 7 rings (SSSR count). The fourth-order valence-electron chi connectivity index (χ4n) is 8.14. The molecule has 1 amide bonds.